The second-order valence-corrected chi connectivity index (χ2v) is 6.50. The molecule has 0 atom stereocenters. The third kappa shape index (κ3) is 2.47. The van der Waals surface area contributed by atoms with Crippen molar-refractivity contribution in [2.45, 2.75) is 29.8 Å². The highest BCUT2D eigenvalue weighted by molar-refractivity contribution is 7.90. The molecule has 1 aromatic rings. The van der Waals surface area contributed by atoms with E-state index in [1.807, 2.05) is 0 Å². The van der Waals surface area contributed by atoms with Crippen molar-refractivity contribution in [3.05, 3.63) is 29.3 Å². The maximum Gasteiger partial charge on any atom is 0.178 e. The standard InChI is InChI=1S/C11H12F2O3S/c1-17(15,16)9-3-2-8(12)7(10(9)13)6-11(14)4-5-11/h2-3,14H,4-6H2,1H3. The van der Waals surface area contributed by atoms with Crippen LogP contribution in [0.2, 0.25) is 0 Å². The molecule has 1 N–H and O–H groups in total. The first kappa shape index (κ1) is 12.4. The Morgan fingerprint density at radius 1 is 1.35 bits per heavy atom. The highest BCUT2D eigenvalue weighted by atomic mass is 32.2. The van der Waals surface area contributed by atoms with Crippen LogP contribution in [0.1, 0.15) is 18.4 Å². The van der Waals surface area contributed by atoms with Gasteiger partial charge in [0.25, 0.3) is 0 Å². The molecule has 17 heavy (non-hydrogen) atoms. The van der Waals surface area contributed by atoms with Gasteiger partial charge in [-0.05, 0) is 25.0 Å². The molecule has 2 rings (SSSR count). The van der Waals surface area contributed by atoms with Crippen molar-refractivity contribution in [3.63, 3.8) is 0 Å². The van der Waals surface area contributed by atoms with Crippen LogP contribution in [0, 0.1) is 11.6 Å². The smallest absolute Gasteiger partial charge is 0.178 e. The van der Waals surface area contributed by atoms with Crippen LogP contribution in [0.3, 0.4) is 0 Å². The minimum Gasteiger partial charge on any atom is -0.390 e. The molecule has 1 aliphatic rings. The van der Waals surface area contributed by atoms with Crippen molar-refractivity contribution in [2.75, 3.05) is 6.26 Å². The number of benzene rings is 1. The molecule has 0 radical (unpaired) electrons. The Hall–Kier alpha value is -1.01. The Bertz CT molecular complexity index is 562. The van der Waals surface area contributed by atoms with E-state index in [1.54, 1.807) is 0 Å². The third-order valence-electron chi connectivity index (χ3n) is 2.88. The molecule has 0 heterocycles. The third-order valence-corrected chi connectivity index (χ3v) is 4.00. The van der Waals surface area contributed by atoms with E-state index < -0.39 is 32.0 Å². The summed E-state index contributed by atoms with van der Waals surface area (Å²) in [6, 6.07) is 1.82. The zero-order chi connectivity index (χ0) is 12.8. The molecule has 0 bridgehead atoms. The molecule has 1 aliphatic carbocycles. The predicted octanol–water partition coefficient (Wildman–Crippen LogP) is 1.44. The number of hydrogen-bond donors (Lipinski definition) is 1. The molecule has 1 fully saturated rings. The van der Waals surface area contributed by atoms with Gasteiger partial charge in [-0.3, -0.25) is 0 Å². The fourth-order valence-corrected chi connectivity index (χ4v) is 2.44. The summed E-state index contributed by atoms with van der Waals surface area (Å²) in [6.45, 7) is 0. The zero-order valence-electron chi connectivity index (χ0n) is 9.20. The van der Waals surface area contributed by atoms with Crippen LogP contribution in [-0.2, 0) is 16.3 Å². The molecule has 94 valence electrons. The van der Waals surface area contributed by atoms with Gasteiger partial charge in [0.05, 0.1) is 5.60 Å². The molecule has 0 spiro atoms. The number of aliphatic hydroxyl groups is 1. The molecule has 6 heteroatoms. The van der Waals surface area contributed by atoms with E-state index in [-0.39, 0.29) is 12.0 Å². The first-order valence-electron chi connectivity index (χ1n) is 5.12. The van der Waals surface area contributed by atoms with Crippen LogP contribution in [0.15, 0.2) is 17.0 Å². The molecule has 3 nitrogen and oxygen atoms in total. The molecule has 1 saturated carbocycles. The van der Waals surface area contributed by atoms with Crippen molar-refractivity contribution in [2.24, 2.45) is 0 Å². The topological polar surface area (TPSA) is 54.4 Å². The van der Waals surface area contributed by atoms with Gasteiger partial charge in [-0.25, -0.2) is 17.2 Å². The Balaban J connectivity index is 2.50. The molecule has 0 unspecified atom stereocenters. The average molecular weight is 262 g/mol. The van der Waals surface area contributed by atoms with E-state index in [2.05, 4.69) is 0 Å². The van der Waals surface area contributed by atoms with Gasteiger partial charge in [-0.1, -0.05) is 0 Å². The highest BCUT2D eigenvalue weighted by Gasteiger charge is 2.42. The van der Waals surface area contributed by atoms with Crippen LogP contribution >= 0.6 is 0 Å². The summed E-state index contributed by atoms with van der Waals surface area (Å²) < 4.78 is 49.8. The van der Waals surface area contributed by atoms with Crippen molar-refractivity contribution >= 4 is 9.84 Å². The fraction of sp³-hybridized carbons (Fsp3) is 0.455. The summed E-state index contributed by atoms with van der Waals surface area (Å²) in [6.07, 6.45) is 1.64. The summed E-state index contributed by atoms with van der Waals surface area (Å²) in [5, 5.41) is 9.64. The second kappa shape index (κ2) is 3.74. The minimum atomic E-state index is -3.73. The fourth-order valence-electron chi connectivity index (χ4n) is 1.67. The quantitative estimate of drug-likeness (QED) is 0.838. The molecular weight excluding hydrogens is 250 g/mol. The number of hydrogen-bond acceptors (Lipinski definition) is 3. The molecule has 1 aromatic carbocycles. The van der Waals surface area contributed by atoms with E-state index in [1.165, 1.54) is 0 Å². The Labute approximate surface area is 98.0 Å². The Morgan fingerprint density at radius 2 is 1.94 bits per heavy atom. The summed E-state index contributed by atoms with van der Waals surface area (Å²) in [7, 11) is -3.73. The van der Waals surface area contributed by atoms with E-state index in [0.717, 1.165) is 18.4 Å². The summed E-state index contributed by atoms with van der Waals surface area (Å²) in [4.78, 5) is -0.529. The molecular formula is C11H12F2O3S. The van der Waals surface area contributed by atoms with Crippen molar-refractivity contribution < 1.29 is 22.3 Å². The zero-order valence-corrected chi connectivity index (χ0v) is 10.0. The predicted molar refractivity (Wildman–Crippen MR) is 57.4 cm³/mol. The monoisotopic (exact) mass is 262 g/mol. The largest absolute Gasteiger partial charge is 0.390 e. The van der Waals surface area contributed by atoms with Crippen LogP contribution in [0.5, 0.6) is 0 Å². The number of sulfone groups is 1. The average Bonchev–Trinajstić information content (AvgIpc) is 2.89. The van der Waals surface area contributed by atoms with Gasteiger partial charge in [0.1, 0.15) is 16.5 Å². The SMILES string of the molecule is CS(=O)(=O)c1ccc(F)c(CC2(O)CC2)c1F. The maximum absolute atomic E-state index is 13.9. The van der Waals surface area contributed by atoms with Crippen molar-refractivity contribution in [3.8, 4) is 0 Å². The van der Waals surface area contributed by atoms with Crippen LogP contribution in [0.4, 0.5) is 8.78 Å². The molecule has 0 aliphatic heterocycles. The summed E-state index contributed by atoms with van der Waals surface area (Å²) >= 11 is 0. The molecule has 0 amide bonds. The van der Waals surface area contributed by atoms with Gasteiger partial charge in [0.15, 0.2) is 9.84 Å². The van der Waals surface area contributed by atoms with Gasteiger partial charge >= 0.3 is 0 Å². The first-order chi connectivity index (χ1) is 7.73. The van der Waals surface area contributed by atoms with Crippen LogP contribution in [-0.4, -0.2) is 25.4 Å². The van der Waals surface area contributed by atoms with Crippen molar-refractivity contribution in [1.29, 1.82) is 0 Å². The lowest BCUT2D eigenvalue weighted by Gasteiger charge is -2.11. The Kier molecular flexibility index (Phi) is 2.74. The maximum atomic E-state index is 13.9. The first-order valence-corrected chi connectivity index (χ1v) is 7.01. The molecule has 0 aromatic heterocycles. The van der Waals surface area contributed by atoms with Gasteiger partial charge in [-0.2, -0.15) is 0 Å². The Morgan fingerprint density at radius 3 is 2.41 bits per heavy atom. The van der Waals surface area contributed by atoms with Crippen LogP contribution < -0.4 is 0 Å². The lowest BCUT2D eigenvalue weighted by molar-refractivity contribution is 0.148. The number of rotatable bonds is 3. The summed E-state index contributed by atoms with van der Waals surface area (Å²) in [5.41, 5.74) is -1.43. The van der Waals surface area contributed by atoms with E-state index in [4.69, 9.17) is 0 Å². The van der Waals surface area contributed by atoms with Gasteiger partial charge < -0.3 is 5.11 Å². The lowest BCUT2D eigenvalue weighted by atomic mass is 10.1. The second-order valence-electron chi connectivity index (χ2n) is 4.51. The van der Waals surface area contributed by atoms with Gasteiger partial charge in [0, 0.05) is 18.2 Å². The van der Waals surface area contributed by atoms with E-state index in [9.17, 15) is 22.3 Å². The van der Waals surface area contributed by atoms with E-state index in [0.29, 0.717) is 12.8 Å². The normalized spacial score (nSPS) is 18.1. The van der Waals surface area contributed by atoms with Crippen LogP contribution in [0.25, 0.3) is 0 Å². The van der Waals surface area contributed by atoms with Gasteiger partial charge in [-0.15, -0.1) is 0 Å². The van der Waals surface area contributed by atoms with E-state index >= 15 is 0 Å². The van der Waals surface area contributed by atoms with Crippen molar-refractivity contribution in [1.82, 2.24) is 0 Å². The van der Waals surface area contributed by atoms with Gasteiger partial charge in [0.2, 0.25) is 0 Å². The highest BCUT2D eigenvalue weighted by Crippen LogP contribution is 2.39. The lowest BCUT2D eigenvalue weighted by Crippen LogP contribution is -2.15. The number of halogens is 2. The molecule has 0 saturated heterocycles. The summed E-state index contributed by atoms with van der Waals surface area (Å²) in [5.74, 6) is -1.91. The minimum absolute atomic E-state index is 0.186.